The van der Waals surface area contributed by atoms with Crippen molar-refractivity contribution in [3.63, 3.8) is 0 Å². The highest BCUT2D eigenvalue weighted by Gasteiger charge is 2.34. The first kappa shape index (κ1) is 12.4. The minimum Gasteiger partial charge on any atom is -0.390 e. The minimum absolute atomic E-state index is 0.316. The first-order chi connectivity index (χ1) is 8.02. The van der Waals surface area contributed by atoms with E-state index < -0.39 is 23.6 Å². The van der Waals surface area contributed by atoms with Gasteiger partial charge in [0.1, 0.15) is 6.23 Å². The number of hydrogen-bond donors (Lipinski definition) is 3. The molecule has 0 bridgehead atoms. The third-order valence-corrected chi connectivity index (χ3v) is 3.20. The quantitative estimate of drug-likeness (QED) is 0.620. The monoisotopic (exact) mass is 258 g/mol. The average Bonchev–Trinajstić information content (AvgIpc) is 2.65. The van der Waals surface area contributed by atoms with E-state index in [0.29, 0.717) is 17.7 Å². The number of nitrogens with zero attached hydrogens (tertiary/aromatic N) is 1. The normalized spacial score (nSPS) is 28.5. The maximum atomic E-state index is 11.6. The summed E-state index contributed by atoms with van der Waals surface area (Å²) in [6, 6.07) is 0. The number of rotatable bonds is 2. The lowest BCUT2D eigenvalue weighted by molar-refractivity contribution is -0.00746. The summed E-state index contributed by atoms with van der Waals surface area (Å²) in [5.41, 5.74) is -0.509. The number of hydrogen-bond acceptors (Lipinski definition) is 5. The first-order valence-electron chi connectivity index (χ1n) is 5.29. The number of H-pyrrole nitrogens is 1. The number of aromatic nitrogens is 2. The van der Waals surface area contributed by atoms with Crippen LogP contribution in [0.3, 0.4) is 0 Å². The summed E-state index contributed by atoms with van der Waals surface area (Å²) in [6.45, 7) is 1.61. The second-order valence-electron chi connectivity index (χ2n) is 4.09. The van der Waals surface area contributed by atoms with Gasteiger partial charge in [0, 0.05) is 23.9 Å². The van der Waals surface area contributed by atoms with Crippen molar-refractivity contribution in [3.8, 4) is 0 Å². The SMILES string of the molecule is Cc1cn([C@H]2C[C@H](O)[C@H](CS)O2)c(=O)[nH]c1=O. The summed E-state index contributed by atoms with van der Waals surface area (Å²) in [5, 5.41) is 9.67. The number of aliphatic hydroxyl groups excluding tert-OH is 1. The van der Waals surface area contributed by atoms with Crippen LogP contribution < -0.4 is 11.2 Å². The Kier molecular flexibility index (Phi) is 3.41. The predicted octanol–water partition coefficient (Wildman–Crippen LogP) is -0.577. The molecular weight excluding hydrogens is 244 g/mol. The fourth-order valence-corrected chi connectivity index (χ4v) is 2.18. The fourth-order valence-electron chi connectivity index (χ4n) is 1.85. The third-order valence-electron chi connectivity index (χ3n) is 2.84. The van der Waals surface area contributed by atoms with Gasteiger partial charge in [-0.3, -0.25) is 14.3 Å². The van der Waals surface area contributed by atoms with E-state index in [9.17, 15) is 14.7 Å². The van der Waals surface area contributed by atoms with Gasteiger partial charge in [0.05, 0.1) is 12.2 Å². The van der Waals surface area contributed by atoms with Gasteiger partial charge in [-0.05, 0) is 6.92 Å². The summed E-state index contributed by atoms with van der Waals surface area (Å²) in [5.74, 6) is 0.384. The summed E-state index contributed by atoms with van der Waals surface area (Å²) in [4.78, 5) is 25.0. The molecule has 17 heavy (non-hydrogen) atoms. The van der Waals surface area contributed by atoms with Gasteiger partial charge in [0.15, 0.2) is 0 Å². The molecule has 0 spiro atoms. The Bertz CT molecular complexity index is 524. The van der Waals surface area contributed by atoms with Crippen LogP contribution >= 0.6 is 12.6 Å². The molecule has 1 aliphatic rings. The Hall–Kier alpha value is -1.05. The predicted molar refractivity (Wildman–Crippen MR) is 64.4 cm³/mol. The molecule has 2 heterocycles. The van der Waals surface area contributed by atoms with E-state index in [0.717, 1.165) is 0 Å². The number of nitrogens with one attached hydrogen (secondary N) is 1. The van der Waals surface area contributed by atoms with Crippen LogP contribution in [-0.4, -0.2) is 32.6 Å². The highest BCUT2D eigenvalue weighted by molar-refractivity contribution is 7.80. The molecule has 1 aromatic rings. The number of aryl methyl sites for hydroxylation is 1. The smallest absolute Gasteiger partial charge is 0.330 e. The molecule has 2 N–H and O–H groups in total. The zero-order valence-electron chi connectivity index (χ0n) is 9.29. The topological polar surface area (TPSA) is 84.3 Å². The molecule has 0 aromatic carbocycles. The molecule has 6 nitrogen and oxygen atoms in total. The van der Waals surface area contributed by atoms with Crippen LogP contribution in [0.2, 0.25) is 0 Å². The van der Waals surface area contributed by atoms with Gasteiger partial charge >= 0.3 is 5.69 Å². The molecular formula is C10H14N2O4S. The second-order valence-corrected chi connectivity index (χ2v) is 4.46. The molecule has 0 amide bonds. The molecule has 0 saturated carbocycles. The second kappa shape index (κ2) is 4.67. The molecule has 7 heteroatoms. The van der Waals surface area contributed by atoms with E-state index in [1.165, 1.54) is 10.8 Å². The largest absolute Gasteiger partial charge is 0.390 e. The lowest BCUT2D eigenvalue weighted by Gasteiger charge is -2.14. The Morgan fingerprint density at radius 2 is 2.35 bits per heavy atom. The first-order valence-corrected chi connectivity index (χ1v) is 5.92. The van der Waals surface area contributed by atoms with E-state index in [1.807, 2.05) is 0 Å². The Labute approximate surface area is 103 Å². The minimum atomic E-state index is -0.642. The molecule has 94 valence electrons. The van der Waals surface area contributed by atoms with Crippen molar-refractivity contribution in [2.24, 2.45) is 0 Å². The van der Waals surface area contributed by atoms with E-state index >= 15 is 0 Å². The van der Waals surface area contributed by atoms with E-state index in [2.05, 4.69) is 17.6 Å². The van der Waals surface area contributed by atoms with Gasteiger partial charge in [0.25, 0.3) is 5.56 Å². The van der Waals surface area contributed by atoms with E-state index in [4.69, 9.17) is 4.74 Å². The Morgan fingerprint density at radius 1 is 1.65 bits per heavy atom. The molecule has 3 atom stereocenters. The van der Waals surface area contributed by atoms with Gasteiger partial charge in [0.2, 0.25) is 0 Å². The van der Waals surface area contributed by atoms with Crippen LogP contribution in [0.15, 0.2) is 15.8 Å². The lowest BCUT2D eigenvalue weighted by atomic mass is 10.2. The Balaban J connectivity index is 2.34. The van der Waals surface area contributed by atoms with Gasteiger partial charge in [-0.2, -0.15) is 12.6 Å². The van der Waals surface area contributed by atoms with Crippen molar-refractivity contribution in [2.75, 3.05) is 5.75 Å². The van der Waals surface area contributed by atoms with Gasteiger partial charge in [-0.15, -0.1) is 0 Å². The van der Waals surface area contributed by atoms with Crippen molar-refractivity contribution >= 4 is 12.6 Å². The van der Waals surface area contributed by atoms with Gasteiger partial charge in [-0.25, -0.2) is 4.79 Å². The highest BCUT2D eigenvalue weighted by Crippen LogP contribution is 2.27. The molecule has 1 aromatic heterocycles. The van der Waals surface area contributed by atoms with Crippen molar-refractivity contribution < 1.29 is 9.84 Å². The zero-order chi connectivity index (χ0) is 12.6. The molecule has 2 rings (SSSR count). The van der Waals surface area contributed by atoms with Crippen LogP contribution in [0.4, 0.5) is 0 Å². The molecule has 1 fully saturated rings. The number of aliphatic hydroxyl groups is 1. The van der Waals surface area contributed by atoms with Crippen molar-refractivity contribution in [1.82, 2.24) is 9.55 Å². The molecule has 0 aliphatic carbocycles. The van der Waals surface area contributed by atoms with Crippen molar-refractivity contribution in [3.05, 3.63) is 32.6 Å². The summed E-state index contributed by atoms with van der Waals surface area (Å²) in [6.07, 6.45) is 0.181. The van der Waals surface area contributed by atoms with Crippen LogP contribution in [0.25, 0.3) is 0 Å². The highest BCUT2D eigenvalue weighted by atomic mass is 32.1. The van der Waals surface area contributed by atoms with Crippen LogP contribution in [0.1, 0.15) is 18.2 Å². The van der Waals surface area contributed by atoms with Crippen molar-refractivity contribution in [1.29, 1.82) is 0 Å². The third kappa shape index (κ3) is 2.31. The molecule has 1 saturated heterocycles. The fraction of sp³-hybridized carbons (Fsp3) is 0.600. The summed E-state index contributed by atoms with van der Waals surface area (Å²) in [7, 11) is 0. The average molecular weight is 258 g/mol. The molecule has 0 radical (unpaired) electrons. The van der Waals surface area contributed by atoms with E-state index in [-0.39, 0.29) is 6.10 Å². The van der Waals surface area contributed by atoms with Crippen LogP contribution in [0.5, 0.6) is 0 Å². The maximum absolute atomic E-state index is 11.6. The summed E-state index contributed by atoms with van der Waals surface area (Å²) < 4.78 is 6.79. The van der Waals surface area contributed by atoms with Gasteiger partial charge < -0.3 is 9.84 Å². The van der Waals surface area contributed by atoms with Crippen LogP contribution in [-0.2, 0) is 4.74 Å². The number of aromatic amines is 1. The van der Waals surface area contributed by atoms with E-state index in [1.54, 1.807) is 6.92 Å². The van der Waals surface area contributed by atoms with Crippen LogP contribution in [0, 0.1) is 6.92 Å². The molecule has 1 aliphatic heterocycles. The number of thiol groups is 1. The van der Waals surface area contributed by atoms with Gasteiger partial charge in [-0.1, -0.05) is 0 Å². The zero-order valence-corrected chi connectivity index (χ0v) is 10.2. The number of ether oxygens (including phenoxy) is 1. The Morgan fingerprint density at radius 3 is 2.94 bits per heavy atom. The maximum Gasteiger partial charge on any atom is 0.330 e. The standard InChI is InChI=1S/C10H14N2O4S/c1-5-3-12(10(15)11-9(5)14)8-2-6(13)7(4-17)16-8/h3,6-8,13,17H,2,4H2,1H3,(H,11,14,15)/t6-,7-,8+/m0/s1. The lowest BCUT2D eigenvalue weighted by Crippen LogP contribution is -2.33. The summed E-state index contributed by atoms with van der Waals surface area (Å²) >= 11 is 4.06. The van der Waals surface area contributed by atoms with Crippen molar-refractivity contribution in [2.45, 2.75) is 31.8 Å². The molecule has 0 unspecified atom stereocenters.